The van der Waals surface area contributed by atoms with Crippen LogP contribution in [0.3, 0.4) is 0 Å². The molecule has 0 heterocycles. The van der Waals surface area contributed by atoms with Gasteiger partial charge in [0.25, 0.3) is 0 Å². The van der Waals surface area contributed by atoms with E-state index in [0.29, 0.717) is 0 Å². The highest BCUT2D eigenvalue weighted by Gasteiger charge is 2.14. The Bertz CT molecular complexity index is 580. The van der Waals surface area contributed by atoms with Crippen LogP contribution in [0.15, 0.2) is 24.3 Å². The van der Waals surface area contributed by atoms with E-state index in [1.807, 2.05) is 12.1 Å². The van der Waals surface area contributed by atoms with Crippen LogP contribution in [0.5, 0.6) is 0 Å². The normalized spacial score (nSPS) is 10.7. The first-order valence-corrected chi connectivity index (χ1v) is 6.37. The maximum Gasteiger partial charge on any atom is 0.0393 e. The first-order valence-electron chi connectivity index (χ1n) is 6.37. The Labute approximate surface area is 110 Å². The molecule has 18 heavy (non-hydrogen) atoms. The molecule has 1 heteroatoms. The second-order valence-electron chi connectivity index (χ2n) is 5.09. The predicted molar refractivity (Wildman–Crippen MR) is 80.0 cm³/mol. The Morgan fingerprint density at radius 3 is 1.61 bits per heavy atom. The molecule has 0 radical (unpaired) electrons. The summed E-state index contributed by atoms with van der Waals surface area (Å²) in [6.07, 6.45) is 0. The molecule has 1 nitrogen and oxygen atoms in total. The summed E-state index contributed by atoms with van der Waals surface area (Å²) in [6.45, 7) is 11.0. The first-order chi connectivity index (χ1) is 8.45. The fourth-order valence-electron chi connectivity index (χ4n) is 2.63. The number of nitrogens with two attached hydrogens (primary N) is 1. The molecule has 2 N–H and O–H groups in total. The Hall–Kier alpha value is -1.76. The molecular formula is C17H21N. The smallest absolute Gasteiger partial charge is 0.0393 e. The minimum atomic E-state index is 0.853. The molecule has 0 aliphatic carbocycles. The van der Waals surface area contributed by atoms with Crippen molar-refractivity contribution in [2.24, 2.45) is 0 Å². The Kier molecular flexibility index (Phi) is 3.16. The molecule has 94 valence electrons. The summed E-state index contributed by atoms with van der Waals surface area (Å²) in [7, 11) is 0. The predicted octanol–water partition coefficient (Wildman–Crippen LogP) is 4.48. The lowest BCUT2D eigenvalue weighted by Gasteiger charge is -2.19. The Balaban J connectivity index is 2.85. The van der Waals surface area contributed by atoms with Gasteiger partial charge in [-0.25, -0.2) is 0 Å². The molecule has 0 bridgehead atoms. The first kappa shape index (κ1) is 12.7. The van der Waals surface area contributed by atoms with E-state index < -0.39 is 0 Å². The molecule has 2 rings (SSSR count). The molecule has 0 aliphatic rings. The van der Waals surface area contributed by atoms with Crippen molar-refractivity contribution < 1.29 is 0 Å². The zero-order valence-electron chi connectivity index (χ0n) is 11.9. The molecule has 2 aromatic carbocycles. The van der Waals surface area contributed by atoms with Gasteiger partial charge in [-0.15, -0.1) is 0 Å². The van der Waals surface area contributed by atoms with Gasteiger partial charge < -0.3 is 5.73 Å². The molecule has 0 spiro atoms. The van der Waals surface area contributed by atoms with Crippen molar-refractivity contribution in [3.05, 3.63) is 52.1 Å². The molecule has 0 atom stereocenters. The van der Waals surface area contributed by atoms with Crippen molar-refractivity contribution in [3.63, 3.8) is 0 Å². The molecule has 2 aromatic rings. The number of anilines is 1. The van der Waals surface area contributed by atoms with Gasteiger partial charge >= 0.3 is 0 Å². The molecule has 0 aromatic heterocycles. The molecule has 0 amide bonds. The van der Waals surface area contributed by atoms with Gasteiger partial charge in [0.15, 0.2) is 0 Å². The van der Waals surface area contributed by atoms with Crippen molar-refractivity contribution in [1.82, 2.24) is 0 Å². The van der Waals surface area contributed by atoms with Crippen LogP contribution >= 0.6 is 0 Å². The lowest BCUT2D eigenvalue weighted by atomic mass is 9.86. The maximum absolute atomic E-state index is 6.13. The van der Waals surface area contributed by atoms with Gasteiger partial charge in [0.2, 0.25) is 0 Å². The zero-order chi connectivity index (χ0) is 13.4. The van der Waals surface area contributed by atoms with Crippen LogP contribution in [0.25, 0.3) is 11.1 Å². The van der Waals surface area contributed by atoms with Crippen LogP contribution < -0.4 is 5.73 Å². The Morgan fingerprint density at radius 2 is 1.11 bits per heavy atom. The number of hydrogen-bond acceptors (Lipinski definition) is 1. The second-order valence-corrected chi connectivity index (χ2v) is 5.09. The molecule has 0 saturated carbocycles. The lowest BCUT2D eigenvalue weighted by molar-refractivity contribution is 1.18. The number of rotatable bonds is 1. The highest BCUT2D eigenvalue weighted by atomic mass is 14.6. The topological polar surface area (TPSA) is 26.0 Å². The summed E-state index contributed by atoms with van der Waals surface area (Å²) >= 11 is 0. The average Bonchev–Trinajstić information content (AvgIpc) is 2.36. The van der Waals surface area contributed by atoms with E-state index in [1.54, 1.807) is 0 Å². The third-order valence-electron chi connectivity index (χ3n) is 4.23. The minimum absolute atomic E-state index is 0.853. The molecule has 0 aliphatic heterocycles. The van der Waals surface area contributed by atoms with Crippen LogP contribution in [0.4, 0.5) is 5.69 Å². The van der Waals surface area contributed by atoms with Gasteiger partial charge in [-0.1, -0.05) is 18.2 Å². The Morgan fingerprint density at radius 1 is 0.667 bits per heavy atom. The monoisotopic (exact) mass is 239 g/mol. The van der Waals surface area contributed by atoms with Crippen molar-refractivity contribution >= 4 is 5.69 Å². The highest BCUT2D eigenvalue weighted by Crippen LogP contribution is 2.36. The van der Waals surface area contributed by atoms with Gasteiger partial charge in [0, 0.05) is 11.3 Å². The summed E-state index contributed by atoms with van der Waals surface area (Å²) in [4.78, 5) is 0. The fourth-order valence-corrected chi connectivity index (χ4v) is 2.63. The standard InChI is InChI=1S/C17H21N/c1-10-11(2)13(4)17(14(5)12(10)3)15-8-6-7-9-16(15)18/h6-9H,18H2,1-5H3. The molecule has 0 saturated heterocycles. The summed E-state index contributed by atoms with van der Waals surface area (Å²) < 4.78 is 0. The van der Waals surface area contributed by atoms with E-state index in [2.05, 4.69) is 46.8 Å². The number of nitrogen functional groups attached to an aromatic ring is 1. The van der Waals surface area contributed by atoms with Gasteiger partial charge in [-0.3, -0.25) is 0 Å². The summed E-state index contributed by atoms with van der Waals surface area (Å²) in [5, 5.41) is 0. The van der Waals surface area contributed by atoms with E-state index in [-0.39, 0.29) is 0 Å². The van der Waals surface area contributed by atoms with Crippen LogP contribution in [0.2, 0.25) is 0 Å². The second kappa shape index (κ2) is 4.49. The van der Waals surface area contributed by atoms with Crippen LogP contribution in [-0.2, 0) is 0 Å². The van der Waals surface area contributed by atoms with Crippen molar-refractivity contribution in [3.8, 4) is 11.1 Å². The average molecular weight is 239 g/mol. The van der Waals surface area contributed by atoms with Gasteiger partial charge in [0.1, 0.15) is 0 Å². The summed E-state index contributed by atoms with van der Waals surface area (Å²) in [6, 6.07) is 8.12. The zero-order valence-corrected chi connectivity index (χ0v) is 11.9. The summed E-state index contributed by atoms with van der Waals surface area (Å²) in [5.74, 6) is 0. The van der Waals surface area contributed by atoms with Crippen molar-refractivity contribution in [2.45, 2.75) is 34.6 Å². The van der Waals surface area contributed by atoms with Crippen molar-refractivity contribution in [2.75, 3.05) is 5.73 Å². The molecular weight excluding hydrogens is 218 g/mol. The largest absolute Gasteiger partial charge is 0.398 e. The van der Waals surface area contributed by atoms with E-state index >= 15 is 0 Å². The lowest BCUT2D eigenvalue weighted by Crippen LogP contribution is -2.01. The van der Waals surface area contributed by atoms with Crippen molar-refractivity contribution in [1.29, 1.82) is 0 Å². The third kappa shape index (κ3) is 1.80. The molecule has 0 fully saturated rings. The number of para-hydroxylation sites is 1. The highest BCUT2D eigenvalue weighted by molar-refractivity contribution is 5.82. The van der Waals surface area contributed by atoms with Crippen LogP contribution in [0.1, 0.15) is 27.8 Å². The maximum atomic E-state index is 6.13. The molecule has 0 unspecified atom stereocenters. The van der Waals surface area contributed by atoms with E-state index in [0.717, 1.165) is 11.3 Å². The third-order valence-corrected chi connectivity index (χ3v) is 4.23. The van der Waals surface area contributed by atoms with E-state index in [4.69, 9.17) is 5.73 Å². The summed E-state index contributed by atoms with van der Waals surface area (Å²) in [5.41, 5.74) is 16.3. The SMILES string of the molecule is Cc1c(C)c(C)c(-c2ccccc2N)c(C)c1C. The minimum Gasteiger partial charge on any atom is -0.398 e. The van der Waals surface area contributed by atoms with Gasteiger partial charge in [-0.2, -0.15) is 0 Å². The van der Waals surface area contributed by atoms with Gasteiger partial charge in [-0.05, 0) is 74.1 Å². The quantitative estimate of drug-likeness (QED) is 0.730. The van der Waals surface area contributed by atoms with E-state index in [1.165, 1.54) is 33.4 Å². The van der Waals surface area contributed by atoms with Gasteiger partial charge in [0.05, 0.1) is 0 Å². The van der Waals surface area contributed by atoms with Crippen LogP contribution in [-0.4, -0.2) is 0 Å². The van der Waals surface area contributed by atoms with E-state index in [9.17, 15) is 0 Å². The number of benzene rings is 2. The fraction of sp³-hybridized carbons (Fsp3) is 0.294. The van der Waals surface area contributed by atoms with Crippen LogP contribution in [0, 0.1) is 34.6 Å². The number of hydrogen-bond donors (Lipinski definition) is 1.